The Kier molecular flexibility index (Phi) is 60.7. The van der Waals surface area contributed by atoms with Crippen molar-refractivity contribution >= 4 is 17.9 Å². The van der Waals surface area contributed by atoms with Crippen molar-refractivity contribution in [3.8, 4) is 0 Å². The minimum atomic E-state index is -0.781. The van der Waals surface area contributed by atoms with Gasteiger partial charge in [-0.2, -0.15) is 0 Å². The van der Waals surface area contributed by atoms with Gasteiger partial charge in [0, 0.05) is 19.3 Å². The van der Waals surface area contributed by atoms with Gasteiger partial charge in [-0.25, -0.2) is 0 Å². The van der Waals surface area contributed by atoms with Gasteiger partial charge in [0.25, 0.3) is 0 Å². The van der Waals surface area contributed by atoms with E-state index in [2.05, 4.69) is 93.7 Å². The summed E-state index contributed by atoms with van der Waals surface area (Å²) in [6.07, 6.45) is 82.0. The molecule has 0 amide bonds. The Balaban J connectivity index is 4.20. The Hall–Kier alpha value is -3.15. The quantitative estimate of drug-likeness (QED) is 0.0261. The highest BCUT2D eigenvalue weighted by atomic mass is 16.6. The van der Waals surface area contributed by atoms with Crippen LogP contribution in [-0.2, 0) is 28.6 Å². The summed E-state index contributed by atoms with van der Waals surface area (Å²) >= 11 is 0. The van der Waals surface area contributed by atoms with Gasteiger partial charge in [-0.05, 0) is 109 Å². The number of carbonyl (C=O) groups is 3. The van der Waals surface area contributed by atoms with Crippen LogP contribution >= 0.6 is 0 Å². The maximum absolute atomic E-state index is 12.9. The Labute approximate surface area is 465 Å². The predicted octanol–water partition coefficient (Wildman–Crippen LogP) is 22.1. The fourth-order valence-corrected chi connectivity index (χ4v) is 9.31. The summed E-state index contributed by atoms with van der Waals surface area (Å²) in [7, 11) is 0. The second-order valence-corrected chi connectivity index (χ2v) is 21.6. The van der Waals surface area contributed by atoms with E-state index in [1.54, 1.807) is 0 Å². The lowest BCUT2D eigenvalue weighted by molar-refractivity contribution is -0.167. The molecule has 0 heterocycles. The molecular formula is C69H122O6. The van der Waals surface area contributed by atoms with Crippen molar-refractivity contribution in [2.75, 3.05) is 13.2 Å². The zero-order valence-corrected chi connectivity index (χ0v) is 49.8. The summed E-state index contributed by atoms with van der Waals surface area (Å²) in [5.74, 6) is -0.881. The predicted molar refractivity (Wildman–Crippen MR) is 325 cm³/mol. The molecule has 0 aliphatic heterocycles. The van der Waals surface area contributed by atoms with Crippen molar-refractivity contribution in [2.24, 2.45) is 0 Å². The lowest BCUT2D eigenvalue weighted by atomic mass is 10.0. The zero-order chi connectivity index (χ0) is 54.3. The molecule has 0 aliphatic carbocycles. The molecule has 0 aromatic rings. The van der Waals surface area contributed by atoms with Crippen LogP contribution in [0.2, 0.25) is 0 Å². The average molecular weight is 1050 g/mol. The first-order valence-corrected chi connectivity index (χ1v) is 32.4. The smallest absolute Gasteiger partial charge is 0.306 e. The van der Waals surface area contributed by atoms with Crippen LogP contribution < -0.4 is 0 Å². The number of allylic oxidation sites excluding steroid dienone is 12. The number of hydrogen-bond donors (Lipinski definition) is 0. The van der Waals surface area contributed by atoms with Crippen molar-refractivity contribution < 1.29 is 28.6 Å². The van der Waals surface area contributed by atoms with E-state index in [4.69, 9.17) is 14.2 Å². The van der Waals surface area contributed by atoms with Gasteiger partial charge in [0.2, 0.25) is 0 Å². The lowest BCUT2D eigenvalue weighted by Gasteiger charge is -2.18. The van der Waals surface area contributed by atoms with Crippen molar-refractivity contribution in [2.45, 2.75) is 335 Å². The first kappa shape index (κ1) is 71.8. The van der Waals surface area contributed by atoms with Crippen molar-refractivity contribution in [3.05, 3.63) is 72.9 Å². The third kappa shape index (κ3) is 61.6. The second-order valence-electron chi connectivity index (χ2n) is 21.6. The number of rotatable bonds is 59. The van der Waals surface area contributed by atoms with E-state index in [0.717, 1.165) is 103 Å². The van der Waals surface area contributed by atoms with E-state index < -0.39 is 6.10 Å². The average Bonchev–Trinajstić information content (AvgIpc) is 3.41. The molecule has 0 fully saturated rings. The number of hydrogen-bond acceptors (Lipinski definition) is 6. The maximum atomic E-state index is 12.9. The molecule has 0 rings (SSSR count). The number of ether oxygens (including phenoxy) is 3. The zero-order valence-electron chi connectivity index (χ0n) is 49.8. The van der Waals surface area contributed by atoms with E-state index in [-0.39, 0.29) is 31.1 Å². The second kappa shape index (κ2) is 63.4. The molecule has 0 spiro atoms. The van der Waals surface area contributed by atoms with Crippen molar-refractivity contribution in [3.63, 3.8) is 0 Å². The fourth-order valence-electron chi connectivity index (χ4n) is 9.31. The molecule has 1 unspecified atom stereocenters. The minimum absolute atomic E-state index is 0.0782. The Morgan fingerprint density at radius 1 is 0.280 bits per heavy atom. The first-order valence-electron chi connectivity index (χ1n) is 32.4. The molecular weight excluding hydrogens is 925 g/mol. The third-order valence-corrected chi connectivity index (χ3v) is 14.2. The Morgan fingerprint density at radius 3 is 0.840 bits per heavy atom. The Morgan fingerprint density at radius 2 is 0.520 bits per heavy atom. The monoisotopic (exact) mass is 1050 g/mol. The van der Waals surface area contributed by atoms with Gasteiger partial charge in [-0.1, -0.05) is 273 Å². The molecule has 1 atom stereocenters. The maximum Gasteiger partial charge on any atom is 0.306 e. The van der Waals surface area contributed by atoms with Crippen LogP contribution in [0.5, 0.6) is 0 Å². The molecule has 75 heavy (non-hydrogen) atoms. The van der Waals surface area contributed by atoms with Crippen LogP contribution in [0, 0.1) is 0 Å². The highest BCUT2D eigenvalue weighted by Crippen LogP contribution is 2.17. The van der Waals surface area contributed by atoms with Crippen molar-refractivity contribution in [1.82, 2.24) is 0 Å². The van der Waals surface area contributed by atoms with Gasteiger partial charge in [0.15, 0.2) is 6.10 Å². The molecule has 0 aromatic heterocycles. The summed E-state index contributed by atoms with van der Waals surface area (Å²) in [5, 5.41) is 0. The van der Waals surface area contributed by atoms with Crippen molar-refractivity contribution in [1.29, 1.82) is 0 Å². The molecule has 0 aromatic carbocycles. The summed E-state index contributed by atoms with van der Waals surface area (Å²) in [6.45, 7) is 6.53. The standard InChI is InChI=1S/C69H122O6/c1-4-7-10-13-16-19-22-25-27-28-29-30-31-32-33-34-35-36-37-38-39-40-42-44-47-50-53-56-59-62-68(71)74-65-66(64-73-67(70)61-58-55-52-49-46-43-24-21-18-15-12-9-6-3)75-69(72)63-60-57-54-51-48-45-41-26-23-20-17-14-11-8-5-2/h7,10,16,19,21,24-27,29-30,41,66H,4-6,8-9,11-15,17-18,20,22-23,28,31-40,42-65H2,1-3H3/b10-7-,19-16-,24-21-,27-25-,30-29-,41-26-. The topological polar surface area (TPSA) is 78.9 Å². The highest BCUT2D eigenvalue weighted by molar-refractivity contribution is 5.71. The summed E-state index contributed by atoms with van der Waals surface area (Å²) in [6, 6.07) is 0. The van der Waals surface area contributed by atoms with E-state index in [1.165, 1.54) is 186 Å². The van der Waals surface area contributed by atoms with Crippen LogP contribution in [0.15, 0.2) is 72.9 Å². The van der Waals surface area contributed by atoms with E-state index >= 15 is 0 Å². The highest BCUT2D eigenvalue weighted by Gasteiger charge is 2.19. The molecule has 0 bridgehead atoms. The SMILES string of the molecule is CC/C=C\C/C=C\C/C=C\C/C=C\CCCCCCCCCCCCCCCCCCC(=O)OCC(COC(=O)CCCCCCC/C=C\CCCCCC)OC(=O)CCCCCCC/C=C\CCCCCCCC. The van der Waals surface area contributed by atoms with Gasteiger partial charge >= 0.3 is 17.9 Å². The molecule has 0 saturated carbocycles. The van der Waals surface area contributed by atoms with Gasteiger partial charge in [-0.3, -0.25) is 14.4 Å². The van der Waals surface area contributed by atoms with Crippen LogP contribution in [-0.4, -0.2) is 37.2 Å². The van der Waals surface area contributed by atoms with Gasteiger partial charge in [0.05, 0.1) is 0 Å². The van der Waals surface area contributed by atoms with E-state index in [1.807, 2.05) is 0 Å². The molecule has 434 valence electrons. The summed E-state index contributed by atoms with van der Waals surface area (Å²) < 4.78 is 16.9. The number of unbranched alkanes of at least 4 members (excludes halogenated alkanes) is 36. The van der Waals surface area contributed by atoms with Crippen LogP contribution in [0.25, 0.3) is 0 Å². The molecule has 0 radical (unpaired) electrons. The van der Waals surface area contributed by atoms with Crippen LogP contribution in [0.4, 0.5) is 0 Å². The Bertz CT molecular complexity index is 1390. The summed E-state index contributed by atoms with van der Waals surface area (Å²) in [5.41, 5.74) is 0. The van der Waals surface area contributed by atoms with Gasteiger partial charge < -0.3 is 14.2 Å². The number of esters is 3. The normalized spacial score (nSPS) is 12.5. The van der Waals surface area contributed by atoms with Gasteiger partial charge in [-0.15, -0.1) is 0 Å². The minimum Gasteiger partial charge on any atom is -0.462 e. The third-order valence-electron chi connectivity index (χ3n) is 14.2. The van der Waals surface area contributed by atoms with E-state index in [0.29, 0.717) is 19.3 Å². The first-order chi connectivity index (χ1) is 37.0. The van der Waals surface area contributed by atoms with Gasteiger partial charge in [0.1, 0.15) is 13.2 Å². The molecule has 0 saturated heterocycles. The largest absolute Gasteiger partial charge is 0.462 e. The molecule has 0 N–H and O–H groups in total. The van der Waals surface area contributed by atoms with E-state index in [9.17, 15) is 14.4 Å². The summed E-state index contributed by atoms with van der Waals surface area (Å²) in [4.78, 5) is 38.3. The molecule has 6 nitrogen and oxygen atoms in total. The number of carbonyl (C=O) groups excluding carboxylic acids is 3. The van der Waals surface area contributed by atoms with Crippen LogP contribution in [0.1, 0.15) is 329 Å². The van der Waals surface area contributed by atoms with Crippen LogP contribution in [0.3, 0.4) is 0 Å². The lowest BCUT2D eigenvalue weighted by Crippen LogP contribution is -2.30. The molecule has 6 heteroatoms. The molecule has 0 aliphatic rings. The fraction of sp³-hybridized carbons (Fsp3) is 0.783.